The molecule has 0 spiro atoms. The van der Waals surface area contributed by atoms with Crippen LogP contribution in [0.4, 0.5) is 0 Å². The van der Waals surface area contributed by atoms with E-state index in [-0.39, 0.29) is 34.9 Å². The van der Waals surface area contributed by atoms with Gasteiger partial charge in [0, 0.05) is 37.2 Å². The van der Waals surface area contributed by atoms with Crippen molar-refractivity contribution in [3.05, 3.63) is 30.1 Å². The zero-order chi connectivity index (χ0) is 18.7. The molecule has 1 aromatic heterocycles. The summed E-state index contributed by atoms with van der Waals surface area (Å²) < 4.78 is 0.0977. The molecule has 2 amide bonds. The number of pyridine rings is 1. The van der Waals surface area contributed by atoms with Gasteiger partial charge in [0.1, 0.15) is 0 Å². The highest BCUT2D eigenvalue weighted by atomic mass is 32.2. The molecule has 3 rings (SSSR count). The number of amides is 2. The molecule has 0 aromatic carbocycles. The van der Waals surface area contributed by atoms with E-state index in [0.29, 0.717) is 6.54 Å². The molecule has 26 heavy (non-hydrogen) atoms. The molecule has 1 N–H and O–H groups in total. The molecule has 2 saturated heterocycles. The van der Waals surface area contributed by atoms with E-state index in [1.165, 1.54) is 0 Å². The number of likely N-dealkylation sites (tertiary alicyclic amines) is 2. The largest absolute Gasteiger partial charge is 0.354 e. The molecule has 142 valence electrons. The summed E-state index contributed by atoms with van der Waals surface area (Å²) in [5.41, 5.74) is 0.917. The number of nitrogens with zero attached hydrogens (tertiary/aromatic N) is 3. The van der Waals surface area contributed by atoms with E-state index in [4.69, 9.17) is 0 Å². The predicted molar refractivity (Wildman–Crippen MR) is 104 cm³/mol. The maximum Gasteiger partial charge on any atom is 0.226 e. The molecule has 7 heteroatoms. The molecular weight excluding hydrogens is 348 g/mol. The van der Waals surface area contributed by atoms with Gasteiger partial charge in [-0.2, -0.15) is 11.8 Å². The van der Waals surface area contributed by atoms with E-state index in [0.717, 1.165) is 31.5 Å². The van der Waals surface area contributed by atoms with Crippen LogP contribution >= 0.6 is 11.8 Å². The Morgan fingerprint density at radius 1 is 1.38 bits per heavy atom. The molecular formula is C19H28N4O2S. The first-order chi connectivity index (χ1) is 12.5. The highest BCUT2D eigenvalue weighted by Gasteiger charge is 2.43. The first-order valence-corrected chi connectivity index (χ1v) is 10.4. The first kappa shape index (κ1) is 19.2. The van der Waals surface area contributed by atoms with Crippen molar-refractivity contribution in [2.45, 2.75) is 30.1 Å². The van der Waals surface area contributed by atoms with Crippen LogP contribution in [0.5, 0.6) is 0 Å². The van der Waals surface area contributed by atoms with Crippen LogP contribution in [-0.2, 0) is 9.59 Å². The van der Waals surface area contributed by atoms with Crippen molar-refractivity contribution in [1.82, 2.24) is 20.1 Å². The summed E-state index contributed by atoms with van der Waals surface area (Å²) in [5, 5.41) is 3.16. The Balaban J connectivity index is 1.69. The number of rotatable bonds is 5. The third-order valence-corrected chi connectivity index (χ3v) is 7.28. The van der Waals surface area contributed by atoms with Gasteiger partial charge in [-0.05, 0) is 50.9 Å². The number of carbonyl (C=O) groups is 2. The fourth-order valence-electron chi connectivity index (χ4n) is 3.97. The van der Waals surface area contributed by atoms with Crippen molar-refractivity contribution >= 4 is 23.6 Å². The third kappa shape index (κ3) is 3.88. The second kappa shape index (κ2) is 7.96. The third-order valence-electron chi connectivity index (χ3n) is 5.87. The predicted octanol–water partition coefficient (Wildman–Crippen LogP) is 1.54. The van der Waals surface area contributed by atoms with E-state index in [2.05, 4.69) is 28.5 Å². The van der Waals surface area contributed by atoms with Crippen molar-refractivity contribution in [2.75, 3.05) is 40.0 Å². The number of thioether (sulfide) groups is 1. The molecule has 2 aliphatic heterocycles. The second-order valence-electron chi connectivity index (χ2n) is 7.45. The summed E-state index contributed by atoms with van der Waals surface area (Å²) in [4.78, 5) is 33.4. The smallest absolute Gasteiger partial charge is 0.226 e. The summed E-state index contributed by atoms with van der Waals surface area (Å²) in [6.07, 6.45) is 7.98. The number of piperidine rings is 1. The summed E-state index contributed by atoms with van der Waals surface area (Å²) in [5.74, 6) is -0.372. The normalized spacial score (nSPS) is 26.1. The molecule has 3 heterocycles. The average molecular weight is 377 g/mol. The average Bonchev–Trinajstić information content (AvgIpc) is 2.97. The number of hydrogen-bond donors (Lipinski definition) is 1. The standard InChI is InChI=1S/C19H28N4O2S/c1-22-9-6-19(26-3,7-10-22)13-21-18(25)15-11-16(24)23(2)17(15)14-5-4-8-20-12-14/h4-5,8,12,15,17H,6-7,9-11,13H2,1-3H3,(H,21,25)/t15-,17+/m1/s1. The second-order valence-corrected chi connectivity index (χ2v) is 8.73. The summed E-state index contributed by atoms with van der Waals surface area (Å²) in [6, 6.07) is 3.55. The fraction of sp³-hybridized carbons (Fsp3) is 0.632. The minimum absolute atomic E-state index is 0.0119. The molecule has 1 aromatic rings. The lowest BCUT2D eigenvalue weighted by Gasteiger charge is -2.39. The molecule has 0 aliphatic carbocycles. The van der Waals surface area contributed by atoms with Crippen LogP contribution in [0, 0.1) is 5.92 Å². The molecule has 2 fully saturated rings. The Labute approximate surface area is 159 Å². The van der Waals surface area contributed by atoms with Gasteiger partial charge < -0.3 is 15.1 Å². The minimum atomic E-state index is -0.359. The van der Waals surface area contributed by atoms with Crippen LogP contribution in [0.25, 0.3) is 0 Å². The number of aromatic nitrogens is 1. The minimum Gasteiger partial charge on any atom is -0.354 e. The van der Waals surface area contributed by atoms with Crippen LogP contribution in [0.15, 0.2) is 24.5 Å². The fourth-order valence-corrected chi connectivity index (χ4v) is 4.78. The van der Waals surface area contributed by atoms with Crippen LogP contribution in [-0.4, -0.2) is 71.3 Å². The molecule has 0 unspecified atom stereocenters. The maximum atomic E-state index is 13.0. The van der Waals surface area contributed by atoms with Gasteiger partial charge in [0.15, 0.2) is 0 Å². The highest BCUT2D eigenvalue weighted by molar-refractivity contribution is 8.00. The maximum absolute atomic E-state index is 13.0. The Hall–Kier alpha value is -1.60. The Bertz CT molecular complexity index is 646. The Morgan fingerprint density at radius 3 is 2.73 bits per heavy atom. The van der Waals surface area contributed by atoms with Crippen LogP contribution in [0.3, 0.4) is 0 Å². The zero-order valence-electron chi connectivity index (χ0n) is 15.8. The Morgan fingerprint density at radius 2 is 2.12 bits per heavy atom. The highest BCUT2D eigenvalue weighted by Crippen LogP contribution is 2.38. The molecule has 0 bridgehead atoms. The SMILES string of the molecule is CSC1(CNC(=O)[C@@H]2CC(=O)N(C)[C@H]2c2cccnc2)CCN(C)CC1. The van der Waals surface area contributed by atoms with Gasteiger partial charge >= 0.3 is 0 Å². The first-order valence-electron chi connectivity index (χ1n) is 9.13. The summed E-state index contributed by atoms with van der Waals surface area (Å²) in [7, 11) is 3.91. The van der Waals surface area contributed by atoms with E-state index >= 15 is 0 Å². The van der Waals surface area contributed by atoms with Gasteiger partial charge in [-0.25, -0.2) is 0 Å². The summed E-state index contributed by atoms with van der Waals surface area (Å²) in [6.45, 7) is 2.77. The van der Waals surface area contributed by atoms with Gasteiger partial charge in [-0.3, -0.25) is 14.6 Å². The molecule has 6 nitrogen and oxygen atoms in total. The van der Waals surface area contributed by atoms with Gasteiger partial charge in [-0.1, -0.05) is 6.07 Å². The van der Waals surface area contributed by atoms with Crippen molar-refractivity contribution in [3.63, 3.8) is 0 Å². The van der Waals surface area contributed by atoms with Gasteiger partial charge in [0.25, 0.3) is 0 Å². The lowest BCUT2D eigenvalue weighted by atomic mass is 9.92. The zero-order valence-corrected chi connectivity index (χ0v) is 16.6. The van der Waals surface area contributed by atoms with Crippen LogP contribution in [0.1, 0.15) is 30.9 Å². The van der Waals surface area contributed by atoms with Crippen LogP contribution in [0.2, 0.25) is 0 Å². The van der Waals surface area contributed by atoms with Crippen molar-refractivity contribution < 1.29 is 9.59 Å². The van der Waals surface area contributed by atoms with Crippen molar-refractivity contribution in [3.8, 4) is 0 Å². The molecule has 0 saturated carbocycles. The van der Waals surface area contributed by atoms with Crippen molar-refractivity contribution in [1.29, 1.82) is 0 Å². The lowest BCUT2D eigenvalue weighted by molar-refractivity contribution is -0.128. The number of carbonyl (C=O) groups excluding carboxylic acids is 2. The van der Waals surface area contributed by atoms with E-state index in [1.54, 1.807) is 24.3 Å². The topological polar surface area (TPSA) is 65.5 Å². The van der Waals surface area contributed by atoms with Crippen molar-refractivity contribution in [2.24, 2.45) is 5.92 Å². The van der Waals surface area contributed by atoms with E-state index in [1.807, 2.05) is 23.9 Å². The van der Waals surface area contributed by atoms with Gasteiger partial charge in [-0.15, -0.1) is 0 Å². The molecule has 0 radical (unpaired) electrons. The summed E-state index contributed by atoms with van der Waals surface area (Å²) >= 11 is 1.85. The van der Waals surface area contributed by atoms with Gasteiger partial charge in [0.2, 0.25) is 11.8 Å². The lowest BCUT2D eigenvalue weighted by Crippen LogP contribution is -2.49. The monoisotopic (exact) mass is 376 g/mol. The number of nitrogens with one attached hydrogen (secondary N) is 1. The molecule has 2 aliphatic rings. The Kier molecular flexibility index (Phi) is 5.87. The van der Waals surface area contributed by atoms with Gasteiger partial charge in [0.05, 0.1) is 12.0 Å². The quantitative estimate of drug-likeness (QED) is 0.845. The number of hydrogen-bond acceptors (Lipinski definition) is 5. The van der Waals surface area contributed by atoms with Crippen LogP contribution < -0.4 is 5.32 Å². The van der Waals surface area contributed by atoms with E-state index in [9.17, 15) is 9.59 Å². The molecule has 2 atom stereocenters. The van der Waals surface area contributed by atoms with E-state index < -0.39 is 0 Å².